The van der Waals surface area contributed by atoms with Crippen molar-refractivity contribution in [2.75, 3.05) is 26.2 Å². The Morgan fingerprint density at radius 3 is 2.38 bits per heavy atom. The van der Waals surface area contributed by atoms with E-state index in [1.54, 1.807) is 0 Å². The summed E-state index contributed by atoms with van der Waals surface area (Å²) in [5.41, 5.74) is 0. The van der Waals surface area contributed by atoms with Gasteiger partial charge in [-0.3, -0.25) is 9.59 Å². The lowest BCUT2D eigenvalue weighted by molar-refractivity contribution is -0.131. The highest BCUT2D eigenvalue weighted by atomic mass is 35.5. The predicted molar refractivity (Wildman–Crippen MR) is 87.7 cm³/mol. The minimum Gasteiger partial charge on any atom is -0.352 e. The average Bonchev–Trinajstić information content (AvgIpc) is 2.91. The molecule has 2 amide bonds. The monoisotopic (exact) mass is 319 g/mol. The molecule has 6 heteroatoms. The molecule has 0 aromatic heterocycles. The third-order valence-electron chi connectivity index (χ3n) is 3.56. The summed E-state index contributed by atoms with van der Waals surface area (Å²) in [6, 6.07) is 0.273. The van der Waals surface area contributed by atoms with E-state index < -0.39 is 0 Å². The number of amides is 2. The van der Waals surface area contributed by atoms with E-state index >= 15 is 0 Å². The molecule has 2 N–H and O–H groups in total. The topological polar surface area (TPSA) is 61.4 Å². The van der Waals surface area contributed by atoms with Gasteiger partial charge in [0, 0.05) is 38.5 Å². The third-order valence-corrected chi connectivity index (χ3v) is 3.56. The van der Waals surface area contributed by atoms with Gasteiger partial charge in [0.2, 0.25) is 11.8 Å². The standard InChI is InChI=1S/C15H29N3O2.ClH/c1-3-10-18(11-4-2)15(20)7-5-6-14(19)17-13-8-9-16-12-13;/h13,16H,3-12H2,1-2H3,(H,17,19);1H. The highest BCUT2D eigenvalue weighted by Crippen LogP contribution is 2.04. The Bertz CT molecular complexity index is 301. The highest BCUT2D eigenvalue weighted by Gasteiger charge is 2.17. The molecule has 1 atom stereocenters. The first-order valence-electron chi connectivity index (χ1n) is 7.95. The number of carbonyl (C=O) groups excluding carboxylic acids is 2. The number of rotatable bonds is 9. The molecule has 0 aromatic rings. The Labute approximate surface area is 134 Å². The van der Waals surface area contributed by atoms with Crippen LogP contribution < -0.4 is 10.6 Å². The lowest BCUT2D eigenvalue weighted by atomic mass is 10.2. The van der Waals surface area contributed by atoms with E-state index in [-0.39, 0.29) is 30.3 Å². The van der Waals surface area contributed by atoms with E-state index in [0.717, 1.165) is 45.4 Å². The molecule has 1 aliphatic rings. The summed E-state index contributed by atoms with van der Waals surface area (Å²) in [5, 5.41) is 6.23. The Balaban J connectivity index is 0.00000400. The van der Waals surface area contributed by atoms with Gasteiger partial charge in [-0.1, -0.05) is 13.8 Å². The number of nitrogens with one attached hydrogen (secondary N) is 2. The molecule has 21 heavy (non-hydrogen) atoms. The molecule has 1 fully saturated rings. The lowest BCUT2D eigenvalue weighted by Gasteiger charge is -2.21. The van der Waals surface area contributed by atoms with Crippen molar-refractivity contribution in [3.8, 4) is 0 Å². The van der Waals surface area contributed by atoms with Gasteiger partial charge in [-0.25, -0.2) is 0 Å². The van der Waals surface area contributed by atoms with Gasteiger partial charge in [0.05, 0.1) is 0 Å². The van der Waals surface area contributed by atoms with Crippen molar-refractivity contribution in [1.82, 2.24) is 15.5 Å². The first-order chi connectivity index (χ1) is 9.67. The third kappa shape index (κ3) is 8.27. The van der Waals surface area contributed by atoms with Gasteiger partial charge in [0.25, 0.3) is 0 Å². The summed E-state index contributed by atoms with van der Waals surface area (Å²) < 4.78 is 0. The van der Waals surface area contributed by atoms with Crippen molar-refractivity contribution in [2.24, 2.45) is 0 Å². The van der Waals surface area contributed by atoms with Crippen LogP contribution in [0.1, 0.15) is 52.4 Å². The molecular formula is C15H30ClN3O2. The maximum Gasteiger partial charge on any atom is 0.222 e. The van der Waals surface area contributed by atoms with Crippen molar-refractivity contribution >= 4 is 24.2 Å². The van der Waals surface area contributed by atoms with Gasteiger partial charge in [-0.15, -0.1) is 12.4 Å². The van der Waals surface area contributed by atoms with Crippen LogP contribution in [0.4, 0.5) is 0 Å². The number of nitrogens with zero attached hydrogens (tertiary/aromatic N) is 1. The molecule has 0 radical (unpaired) electrons. The normalized spacial score (nSPS) is 17.1. The molecule has 0 bridgehead atoms. The zero-order chi connectivity index (χ0) is 14.8. The number of halogens is 1. The van der Waals surface area contributed by atoms with Gasteiger partial charge < -0.3 is 15.5 Å². The summed E-state index contributed by atoms with van der Waals surface area (Å²) in [7, 11) is 0. The van der Waals surface area contributed by atoms with Crippen LogP contribution in [0.15, 0.2) is 0 Å². The van der Waals surface area contributed by atoms with Gasteiger partial charge in [-0.2, -0.15) is 0 Å². The number of carbonyl (C=O) groups is 2. The number of hydrogen-bond donors (Lipinski definition) is 2. The zero-order valence-electron chi connectivity index (χ0n) is 13.3. The minimum absolute atomic E-state index is 0. The maximum absolute atomic E-state index is 12.0. The van der Waals surface area contributed by atoms with E-state index in [0.29, 0.717) is 19.3 Å². The second-order valence-corrected chi connectivity index (χ2v) is 5.49. The molecule has 1 aliphatic heterocycles. The Morgan fingerprint density at radius 2 is 1.86 bits per heavy atom. The summed E-state index contributed by atoms with van der Waals surface area (Å²) in [6.45, 7) is 7.66. The fourth-order valence-corrected chi connectivity index (χ4v) is 2.54. The first-order valence-corrected chi connectivity index (χ1v) is 7.95. The van der Waals surface area contributed by atoms with Crippen molar-refractivity contribution in [2.45, 2.75) is 58.4 Å². The molecule has 0 aliphatic carbocycles. The molecule has 1 saturated heterocycles. The van der Waals surface area contributed by atoms with Crippen molar-refractivity contribution < 1.29 is 9.59 Å². The minimum atomic E-state index is 0. The van der Waals surface area contributed by atoms with E-state index in [9.17, 15) is 9.59 Å². The van der Waals surface area contributed by atoms with Crippen LogP contribution in [0, 0.1) is 0 Å². The van der Waals surface area contributed by atoms with Crippen LogP contribution >= 0.6 is 12.4 Å². The summed E-state index contributed by atoms with van der Waals surface area (Å²) >= 11 is 0. The molecule has 0 aromatic carbocycles. The van der Waals surface area contributed by atoms with Crippen LogP contribution in [0.5, 0.6) is 0 Å². The maximum atomic E-state index is 12.0. The molecule has 0 spiro atoms. The van der Waals surface area contributed by atoms with Crippen molar-refractivity contribution in [3.63, 3.8) is 0 Å². The smallest absolute Gasteiger partial charge is 0.222 e. The van der Waals surface area contributed by atoms with Crippen LogP contribution in [0.25, 0.3) is 0 Å². The number of hydrogen-bond acceptors (Lipinski definition) is 3. The van der Waals surface area contributed by atoms with E-state index in [4.69, 9.17) is 0 Å². The Hall–Kier alpha value is -0.810. The van der Waals surface area contributed by atoms with Crippen molar-refractivity contribution in [1.29, 1.82) is 0 Å². The van der Waals surface area contributed by atoms with Gasteiger partial charge in [-0.05, 0) is 32.2 Å². The van der Waals surface area contributed by atoms with E-state index in [1.165, 1.54) is 0 Å². The van der Waals surface area contributed by atoms with Crippen LogP contribution in [-0.4, -0.2) is 48.9 Å². The summed E-state index contributed by atoms with van der Waals surface area (Å²) in [5.74, 6) is 0.257. The summed E-state index contributed by atoms with van der Waals surface area (Å²) in [4.78, 5) is 25.7. The van der Waals surface area contributed by atoms with Crippen LogP contribution in [-0.2, 0) is 9.59 Å². The quantitative estimate of drug-likeness (QED) is 0.680. The molecule has 124 valence electrons. The van der Waals surface area contributed by atoms with Gasteiger partial charge in [0.1, 0.15) is 0 Å². The molecular weight excluding hydrogens is 290 g/mol. The van der Waals surface area contributed by atoms with E-state index in [1.807, 2.05) is 4.90 Å². The largest absolute Gasteiger partial charge is 0.352 e. The SMILES string of the molecule is CCCN(CCC)C(=O)CCCC(=O)NC1CCNC1.Cl. The van der Waals surface area contributed by atoms with Crippen LogP contribution in [0.3, 0.4) is 0 Å². The van der Waals surface area contributed by atoms with Gasteiger partial charge >= 0.3 is 0 Å². The highest BCUT2D eigenvalue weighted by molar-refractivity contribution is 5.85. The predicted octanol–water partition coefficient (Wildman–Crippen LogP) is 1.71. The van der Waals surface area contributed by atoms with E-state index in [2.05, 4.69) is 24.5 Å². The second kappa shape index (κ2) is 11.8. The fourth-order valence-electron chi connectivity index (χ4n) is 2.54. The summed E-state index contributed by atoms with van der Waals surface area (Å²) in [6.07, 6.45) is 4.56. The molecule has 1 unspecified atom stereocenters. The molecule has 1 rings (SSSR count). The Morgan fingerprint density at radius 1 is 1.19 bits per heavy atom. The second-order valence-electron chi connectivity index (χ2n) is 5.49. The van der Waals surface area contributed by atoms with Crippen LogP contribution in [0.2, 0.25) is 0 Å². The lowest BCUT2D eigenvalue weighted by Crippen LogP contribution is -2.36. The molecule has 1 heterocycles. The zero-order valence-corrected chi connectivity index (χ0v) is 14.1. The fraction of sp³-hybridized carbons (Fsp3) is 0.867. The van der Waals surface area contributed by atoms with Crippen molar-refractivity contribution in [3.05, 3.63) is 0 Å². The van der Waals surface area contributed by atoms with Gasteiger partial charge in [0.15, 0.2) is 0 Å². The molecule has 5 nitrogen and oxygen atoms in total. The Kier molecular flexibility index (Phi) is 11.4. The average molecular weight is 320 g/mol. The molecule has 0 saturated carbocycles. The first kappa shape index (κ1) is 20.2.